The van der Waals surface area contributed by atoms with Crippen molar-refractivity contribution in [3.63, 3.8) is 0 Å². The van der Waals surface area contributed by atoms with Crippen molar-refractivity contribution in [1.82, 2.24) is 9.80 Å². The molecule has 2 spiro atoms. The van der Waals surface area contributed by atoms with Gasteiger partial charge in [0.05, 0.1) is 31.5 Å². The second-order valence-corrected chi connectivity index (χ2v) is 18.1. The average molecular weight is 615 g/mol. The van der Waals surface area contributed by atoms with Crippen LogP contribution in [0, 0.1) is 56.7 Å². The molecule has 8 rings (SSSR count). The van der Waals surface area contributed by atoms with Crippen molar-refractivity contribution in [2.24, 2.45) is 56.7 Å². The Labute approximate surface area is 267 Å². The Kier molecular flexibility index (Phi) is 7.48. The Morgan fingerprint density at radius 3 is 2.43 bits per heavy atom. The van der Waals surface area contributed by atoms with E-state index in [1.165, 1.54) is 51.6 Å². The van der Waals surface area contributed by atoms with Gasteiger partial charge in [-0.3, -0.25) is 4.90 Å². The highest BCUT2D eigenvalue weighted by molar-refractivity contribution is 5.32. The van der Waals surface area contributed by atoms with Crippen molar-refractivity contribution < 1.29 is 24.1 Å². The van der Waals surface area contributed by atoms with Gasteiger partial charge in [-0.2, -0.15) is 0 Å². The van der Waals surface area contributed by atoms with Crippen LogP contribution in [0.5, 0.6) is 0 Å². The van der Waals surface area contributed by atoms with Crippen LogP contribution in [0.3, 0.4) is 0 Å². The number of nitrogens with zero attached hydrogens (tertiary/aromatic N) is 2. The standard InChI is InChI=1S/C37H62N2O5/c1-24-10-16-43-31-30(24)34(4)12-13-37-23-36(37)11-9-28(33(2,3)26(36)7-8-27(37)35(34,5)32(31)40)44-29-22-39(15-18-42-29)21-25-19-38(20-25)14-17-41-6/h24-32,40H,7-23H2,1-6H3/t24-,26+,27?,28+,29+,30+,31?,32?,34-,35-,36-,37?/m1/s1. The Morgan fingerprint density at radius 1 is 0.864 bits per heavy atom. The molecule has 0 radical (unpaired) electrons. The Bertz CT molecular complexity index is 1100. The minimum Gasteiger partial charge on any atom is -0.390 e. The molecule has 7 nitrogen and oxygen atoms in total. The first-order valence-corrected chi connectivity index (χ1v) is 18.5. The summed E-state index contributed by atoms with van der Waals surface area (Å²) in [7, 11) is 1.79. The van der Waals surface area contributed by atoms with Crippen molar-refractivity contribution in [3.8, 4) is 0 Å². The lowest BCUT2D eigenvalue weighted by Gasteiger charge is -2.63. The first-order chi connectivity index (χ1) is 21.0. The minimum absolute atomic E-state index is 0.0332. The predicted molar refractivity (Wildman–Crippen MR) is 170 cm³/mol. The SMILES string of the molecule is COCCN1CC(CN2CCO[C@@H](O[C@H]3CC[C@]45CC46CC[C@]4(C)[C@@H]7C(OCC[C@H]7C)C(O)[C@@]4(C)C6CC[C@H]5C3(C)C)C2)C1. The number of morpholine rings is 1. The zero-order chi connectivity index (χ0) is 30.7. The zero-order valence-corrected chi connectivity index (χ0v) is 28.7. The number of aliphatic hydroxyl groups is 1. The molecule has 0 bridgehead atoms. The molecule has 0 aromatic heterocycles. The molecule has 4 unspecified atom stereocenters. The number of ether oxygens (including phenoxy) is 4. The molecule has 7 heteroatoms. The summed E-state index contributed by atoms with van der Waals surface area (Å²) in [6, 6.07) is 0. The normalized spacial score (nSPS) is 53.5. The van der Waals surface area contributed by atoms with E-state index in [9.17, 15) is 5.11 Å². The van der Waals surface area contributed by atoms with Crippen LogP contribution in [0.2, 0.25) is 0 Å². The van der Waals surface area contributed by atoms with Gasteiger partial charge in [-0.1, -0.05) is 34.6 Å². The maximum atomic E-state index is 12.1. The molecule has 250 valence electrons. The van der Waals surface area contributed by atoms with E-state index in [0.29, 0.717) is 34.5 Å². The fourth-order valence-electron chi connectivity index (χ4n) is 14.1. The second-order valence-electron chi connectivity index (χ2n) is 18.1. The van der Waals surface area contributed by atoms with Gasteiger partial charge in [0.1, 0.15) is 0 Å². The van der Waals surface area contributed by atoms with Crippen molar-refractivity contribution in [1.29, 1.82) is 0 Å². The predicted octanol–water partition coefficient (Wildman–Crippen LogP) is 5.05. The maximum absolute atomic E-state index is 12.1. The highest BCUT2D eigenvalue weighted by Gasteiger charge is 2.84. The van der Waals surface area contributed by atoms with Gasteiger partial charge in [0.2, 0.25) is 0 Å². The smallest absolute Gasteiger partial charge is 0.170 e. The number of fused-ring (bicyclic) bond motifs is 4. The van der Waals surface area contributed by atoms with Gasteiger partial charge in [-0.25, -0.2) is 0 Å². The lowest BCUT2D eigenvalue weighted by Crippen LogP contribution is -2.60. The summed E-state index contributed by atoms with van der Waals surface area (Å²) in [5.74, 6) is 3.20. The molecule has 0 aromatic carbocycles. The fourth-order valence-corrected chi connectivity index (χ4v) is 14.1. The molecule has 1 N–H and O–H groups in total. The van der Waals surface area contributed by atoms with Crippen LogP contribution >= 0.6 is 0 Å². The van der Waals surface area contributed by atoms with Crippen LogP contribution in [0.25, 0.3) is 0 Å². The van der Waals surface area contributed by atoms with Crippen LogP contribution in [0.4, 0.5) is 0 Å². The van der Waals surface area contributed by atoms with E-state index in [1.54, 1.807) is 7.11 Å². The first kappa shape index (κ1) is 31.0. The third-order valence-corrected chi connectivity index (χ3v) is 16.3. The lowest BCUT2D eigenvalue weighted by atomic mass is 9.41. The highest BCUT2D eigenvalue weighted by atomic mass is 16.7. The number of likely N-dealkylation sites (tertiary alicyclic amines) is 1. The maximum Gasteiger partial charge on any atom is 0.170 e. The third-order valence-electron chi connectivity index (χ3n) is 16.3. The van der Waals surface area contributed by atoms with E-state index < -0.39 is 0 Å². The topological polar surface area (TPSA) is 63.6 Å². The molecule has 5 saturated carbocycles. The second kappa shape index (κ2) is 10.6. The molecule has 3 heterocycles. The Balaban J connectivity index is 0.945. The molecule has 3 aliphatic heterocycles. The zero-order valence-electron chi connectivity index (χ0n) is 28.7. The summed E-state index contributed by atoms with van der Waals surface area (Å²) in [5, 5.41) is 12.1. The molecule has 0 aromatic rings. The minimum atomic E-state index is -0.330. The van der Waals surface area contributed by atoms with E-state index in [-0.39, 0.29) is 40.8 Å². The van der Waals surface area contributed by atoms with Gasteiger partial charge >= 0.3 is 0 Å². The summed E-state index contributed by atoms with van der Waals surface area (Å²) in [6.45, 7) is 21.5. The molecule has 3 saturated heterocycles. The van der Waals surface area contributed by atoms with Crippen LogP contribution < -0.4 is 0 Å². The van der Waals surface area contributed by atoms with E-state index in [2.05, 4.69) is 44.4 Å². The van der Waals surface area contributed by atoms with Crippen LogP contribution in [0.1, 0.15) is 86.0 Å². The van der Waals surface area contributed by atoms with Crippen LogP contribution in [-0.2, 0) is 18.9 Å². The molecule has 0 amide bonds. The number of hydrogen-bond donors (Lipinski definition) is 1. The van der Waals surface area contributed by atoms with Crippen molar-refractivity contribution in [3.05, 3.63) is 0 Å². The fraction of sp³-hybridized carbons (Fsp3) is 1.00. The van der Waals surface area contributed by atoms with E-state index >= 15 is 0 Å². The molecular weight excluding hydrogens is 552 g/mol. The Morgan fingerprint density at radius 2 is 1.64 bits per heavy atom. The van der Waals surface area contributed by atoms with E-state index in [4.69, 9.17) is 18.9 Å². The molecule has 8 aliphatic rings. The van der Waals surface area contributed by atoms with Crippen LogP contribution in [0.15, 0.2) is 0 Å². The summed E-state index contributed by atoms with van der Waals surface area (Å²) in [4.78, 5) is 5.10. The van der Waals surface area contributed by atoms with Crippen molar-refractivity contribution in [2.75, 3.05) is 66.2 Å². The number of hydrogen-bond acceptors (Lipinski definition) is 7. The lowest BCUT2D eigenvalue weighted by molar-refractivity contribution is -0.249. The van der Waals surface area contributed by atoms with Gasteiger partial charge in [0.25, 0.3) is 0 Å². The summed E-state index contributed by atoms with van der Waals surface area (Å²) in [5.41, 5.74) is 1.09. The van der Waals surface area contributed by atoms with E-state index in [1.807, 2.05) is 0 Å². The first-order valence-electron chi connectivity index (χ1n) is 18.5. The monoisotopic (exact) mass is 614 g/mol. The molecular formula is C37H62N2O5. The van der Waals surface area contributed by atoms with Gasteiger partial charge < -0.3 is 29.0 Å². The number of rotatable bonds is 7. The molecule has 8 fully saturated rings. The van der Waals surface area contributed by atoms with Crippen LogP contribution in [-0.4, -0.2) is 106 Å². The van der Waals surface area contributed by atoms with Crippen molar-refractivity contribution >= 4 is 0 Å². The van der Waals surface area contributed by atoms with Gasteiger partial charge in [-0.15, -0.1) is 0 Å². The summed E-state index contributed by atoms with van der Waals surface area (Å²) in [6.07, 6.45) is 9.98. The largest absolute Gasteiger partial charge is 0.390 e. The van der Waals surface area contributed by atoms with Gasteiger partial charge in [0, 0.05) is 58.4 Å². The third kappa shape index (κ3) is 4.11. The number of methoxy groups -OCH3 is 1. The van der Waals surface area contributed by atoms with Gasteiger partial charge in [0.15, 0.2) is 6.29 Å². The van der Waals surface area contributed by atoms with E-state index in [0.717, 1.165) is 64.8 Å². The highest BCUT2D eigenvalue weighted by Crippen LogP contribution is 2.89. The summed E-state index contributed by atoms with van der Waals surface area (Å²) < 4.78 is 24.9. The van der Waals surface area contributed by atoms with Crippen molar-refractivity contribution in [2.45, 2.75) is 111 Å². The number of aliphatic hydroxyl groups excluding tert-OH is 1. The molecule has 5 aliphatic carbocycles. The quantitative estimate of drug-likeness (QED) is 0.431. The molecule has 12 atom stereocenters. The summed E-state index contributed by atoms with van der Waals surface area (Å²) >= 11 is 0. The molecule has 44 heavy (non-hydrogen) atoms. The van der Waals surface area contributed by atoms with Gasteiger partial charge in [-0.05, 0) is 103 Å². The Hall–Kier alpha value is -0.280. The average Bonchev–Trinajstić information content (AvgIpc) is 3.61.